The first-order chi connectivity index (χ1) is 8.98. The standard InChI is InChI=1S/C16H24N2O/c1-13(14-7-5-8-15(11-14)19-4)18-10-6-9-16(2,3)12-17/h5,7-8,11,13,18H,6,9-10H2,1-4H3/t13-/m0/s1. The predicted molar refractivity (Wildman–Crippen MR) is 78.0 cm³/mol. The van der Waals surface area contributed by atoms with Gasteiger partial charge < -0.3 is 10.1 Å². The third-order valence-corrected chi connectivity index (χ3v) is 3.33. The molecule has 19 heavy (non-hydrogen) atoms. The molecule has 0 heterocycles. The Bertz CT molecular complexity index is 435. The van der Waals surface area contributed by atoms with E-state index < -0.39 is 0 Å². The lowest BCUT2D eigenvalue weighted by Crippen LogP contribution is -2.21. The summed E-state index contributed by atoms with van der Waals surface area (Å²) in [6, 6.07) is 10.7. The molecule has 1 aromatic carbocycles. The van der Waals surface area contributed by atoms with Crippen LogP contribution in [-0.2, 0) is 0 Å². The highest BCUT2D eigenvalue weighted by Gasteiger charge is 2.15. The van der Waals surface area contributed by atoms with Gasteiger partial charge >= 0.3 is 0 Å². The van der Waals surface area contributed by atoms with Crippen LogP contribution in [0.4, 0.5) is 0 Å². The van der Waals surface area contributed by atoms with Crippen molar-refractivity contribution in [1.82, 2.24) is 5.32 Å². The number of rotatable bonds is 7. The molecule has 0 aliphatic heterocycles. The first-order valence-electron chi connectivity index (χ1n) is 6.77. The second kappa shape index (κ2) is 7.16. The van der Waals surface area contributed by atoms with Gasteiger partial charge in [-0.15, -0.1) is 0 Å². The third-order valence-electron chi connectivity index (χ3n) is 3.33. The molecule has 0 aliphatic carbocycles. The molecule has 104 valence electrons. The Morgan fingerprint density at radius 1 is 1.42 bits per heavy atom. The van der Waals surface area contributed by atoms with Crippen molar-refractivity contribution in [3.8, 4) is 11.8 Å². The van der Waals surface area contributed by atoms with Crippen molar-refractivity contribution in [2.45, 2.75) is 39.7 Å². The number of nitrogens with one attached hydrogen (secondary N) is 1. The molecular weight excluding hydrogens is 236 g/mol. The highest BCUT2D eigenvalue weighted by Crippen LogP contribution is 2.21. The summed E-state index contributed by atoms with van der Waals surface area (Å²) < 4.78 is 5.23. The average Bonchev–Trinajstić information content (AvgIpc) is 2.43. The van der Waals surface area contributed by atoms with Crippen LogP contribution in [0.25, 0.3) is 0 Å². The Morgan fingerprint density at radius 3 is 2.79 bits per heavy atom. The summed E-state index contributed by atoms with van der Waals surface area (Å²) in [6.07, 6.45) is 1.93. The Morgan fingerprint density at radius 2 is 2.16 bits per heavy atom. The molecule has 0 aliphatic rings. The lowest BCUT2D eigenvalue weighted by Gasteiger charge is -2.18. The molecule has 0 amide bonds. The van der Waals surface area contributed by atoms with Crippen LogP contribution in [0.5, 0.6) is 5.75 Å². The summed E-state index contributed by atoms with van der Waals surface area (Å²) >= 11 is 0. The topological polar surface area (TPSA) is 45.0 Å². The number of methoxy groups -OCH3 is 1. The van der Waals surface area contributed by atoms with E-state index in [4.69, 9.17) is 10.00 Å². The van der Waals surface area contributed by atoms with Crippen molar-refractivity contribution in [3.05, 3.63) is 29.8 Å². The molecule has 0 bridgehead atoms. The molecule has 0 spiro atoms. The fourth-order valence-electron chi connectivity index (χ4n) is 1.93. The van der Waals surface area contributed by atoms with E-state index in [0.717, 1.165) is 25.1 Å². The molecule has 0 unspecified atom stereocenters. The van der Waals surface area contributed by atoms with Gasteiger partial charge in [-0.2, -0.15) is 5.26 Å². The number of benzene rings is 1. The van der Waals surface area contributed by atoms with Crippen LogP contribution >= 0.6 is 0 Å². The second-order valence-corrected chi connectivity index (χ2v) is 5.55. The van der Waals surface area contributed by atoms with Gasteiger partial charge in [0.25, 0.3) is 0 Å². The first-order valence-corrected chi connectivity index (χ1v) is 6.77. The minimum absolute atomic E-state index is 0.221. The van der Waals surface area contributed by atoms with Gasteiger partial charge in [0.05, 0.1) is 18.6 Å². The molecule has 0 radical (unpaired) electrons. The normalized spacial score (nSPS) is 12.8. The molecule has 1 N–H and O–H groups in total. The Hall–Kier alpha value is -1.53. The van der Waals surface area contributed by atoms with Crippen LogP contribution < -0.4 is 10.1 Å². The molecule has 1 aromatic rings. The molecular formula is C16H24N2O. The number of nitrogens with zero attached hydrogens (tertiary/aromatic N) is 1. The van der Waals surface area contributed by atoms with Gasteiger partial charge in [-0.25, -0.2) is 0 Å². The van der Waals surface area contributed by atoms with Crippen LogP contribution in [0.15, 0.2) is 24.3 Å². The van der Waals surface area contributed by atoms with E-state index in [0.29, 0.717) is 6.04 Å². The maximum absolute atomic E-state index is 8.95. The van der Waals surface area contributed by atoms with E-state index in [-0.39, 0.29) is 5.41 Å². The minimum Gasteiger partial charge on any atom is -0.497 e. The van der Waals surface area contributed by atoms with Crippen LogP contribution in [-0.4, -0.2) is 13.7 Å². The number of ether oxygens (including phenoxy) is 1. The molecule has 0 fully saturated rings. The summed E-state index contributed by atoms with van der Waals surface area (Å²) in [5, 5.41) is 12.4. The van der Waals surface area contributed by atoms with Crippen LogP contribution in [0, 0.1) is 16.7 Å². The first kappa shape index (κ1) is 15.5. The minimum atomic E-state index is -0.221. The molecule has 0 aromatic heterocycles. The Kier molecular flexibility index (Phi) is 5.85. The van der Waals surface area contributed by atoms with Crippen molar-refractivity contribution >= 4 is 0 Å². The van der Waals surface area contributed by atoms with Crippen molar-refractivity contribution in [2.75, 3.05) is 13.7 Å². The quantitative estimate of drug-likeness (QED) is 0.761. The monoisotopic (exact) mass is 260 g/mol. The smallest absolute Gasteiger partial charge is 0.119 e. The third kappa shape index (κ3) is 5.32. The SMILES string of the molecule is COc1cccc([C@H](C)NCCCC(C)(C)C#N)c1. The van der Waals surface area contributed by atoms with Gasteiger partial charge in [-0.1, -0.05) is 12.1 Å². The van der Waals surface area contributed by atoms with Crippen molar-refractivity contribution < 1.29 is 4.74 Å². The molecule has 3 heteroatoms. The lowest BCUT2D eigenvalue weighted by atomic mass is 9.90. The fraction of sp³-hybridized carbons (Fsp3) is 0.562. The van der Waals surface area contributed by atoms with Gasteiger partial charge in [-0.05, 0) is 57.9 Å². The summed E-state index contributed by atoms with van der Waals surface area (Å²) in [5.41, 5.74) is 1.000. The maximum Gasteiger partial charge on any atom is 0.119 e. The summed E-state index contributed by atoms with van der Waals surface area (Å²) in [4.78, 5) is 0. The summed E-state index contributed by atoms with van der Waals surface area (Å²) in [7, 11) is 1.68. The summed E-state index contributed by atoms with van der Waals surface area (Å²) in [6.45, 7) is 7.03. The largest absolute Gasteiger partial charge is 0.497 e. The van der Waals surface area contributed by atoms with E-state index in [2.05, 4.69) is 30.4 Å². The van der Waals surface area contributed by atoms with Crippen molar-refractivity contribution in [3.63, 3.8) is 0 Å². The Balaban J connectivity index is 2.39. The van der Waals surface area contributed by atoms with Gasteiger partial charge in [0.15, 0.2) is 0 Å². The number of hydrogen-bond acceptors (Lipinski definition) is 3. The van der Waals surface area contributed by atoms with Gasteiger partial charge in [0.2, 0.25) is 0 Å². The van der Waals surface area contributed by atoms with E-state index >= 15 is 0 Å². The molecule has 1 atom stereocenters. The van der Waals surface area contributed by atoms with Crippen LogP contribution in [0.2, 0.25) is 0 Å². The van der Waals surface area contributed by atoms with Gasteiger partial charge in [0, 0.05) is 6.04 Å². The fourth-order valence-corrected chi connectivity index (χ4v) is 1.93. The lowest BCUT2D eigenvalue weighted by molar-refractivity contribution is 0.410. The van der Waals surface area contributed by atoms with Crippen molar-refractivity contribution in [1.29, 1.82) is 5.26 Å². The number of hydrogen-bond donors (Lipinski definition) is 1. The van der Waals surface area contributed by atoms with E-state index in [9.17, 15) is 0 Å². The summed E-state index contributed by atoms with van der Waals surface area (Å²) in [5.74, 6) is 0.886. The maximum atomic E-state index is 8.95. The van der Waals surface area contributed by atoms with Crippen molar-refractivity contribution in [2.24, 2.45) is 5.41 Å². The van der Waals surface area contributed by atoms with E-state index in [1.165, 1.54) is 5.56 Å². The highest BCUT2D eigenvalue weighted by molar-refractivity contribution is 5.30. The van der Waals surface area contributed by atoms with Gasteiger partial charge in [-0.3, -0.25) is 0 Å². The molecule has 0 saturated carbocycles. The zero-order chi connectivity index (χ0) is 14.3. The zero-order valence-corrected chi connectivity index (χ0v) is 12.4. The van der Waals surface area contributed by atoms with Crippen LogP contribution in [0.3, 0.4) is 0 Å². The molecule has 3 nitrogen and oxygen atoms in total. The second-order valence-electron chi connectivity index (χ2n) is 5.55. The number of nitriles is 1. The van der Waals surface area contributed by atoms with E-state index in [1.807, 2.05) is 26.0 Å². The molecule has 1 rings (SSSR count). The average molecular weight is 260 g/mol. The predicted octanol–water partition coefficient (Wildman–Crippen LogP) is 3.68. The zero-order valence-electron chi connectivity index (χ0n) is 12.4. The van der Waals surface area contributed by atoms with Gasteiger partial charge in [0.1, 0.15) is 5.75 Å². The van der Waals surface area contributed by atoms with E-state index in [1.54, 1.807) is 7.11 Å². The highest BCUT2D eigenvalue weighted by atomic mass is 16.5. The van der Waals surface area contributed by atoms with Crippen LogP contribution in [0.1, 0.15) is 45.2 Å². The molecule has 0 saturated heterocycles. The Labute approximate surface area is 116 Å².